The second-order valence-electron chi connectivity index (χ2n) is 4.10. The van der Waals surface area contributed by atoms with Crippen LogP contribution in [0.3, 0.4) is 0 Å². The number of amides is 1. The number of aliphatic carboxylic acids is 1. The fraction of sp³-hybridized carbons (Fsp3) is 0. The van der Waals surface area contributed by atoms with E-state index in [0.717, 1.165) is 18.2 Å². The number of benzene rings is 1. The van der Waals surface area contributed by atoms with Crippen LogP contribution in [0.25, 0.3) is 6.08 Å². The minimum absolute atomic E-state index is 0.0929. The number of carboxylic acid groups (broad SMARTS) is 1. The van der Waals surface area contributed by atoms with E-state index in [-0.39, 0.29) is 11.1 Å². The fourth-order valence-corrected chi connectivity index (χ4v) is 1.60. The Morgan fingerprint density at radius 3 is 2.71 bits per heavy atom. The molecule has 21 heavy (non-hydrogen) atoms. The molecule has 0 saturated carbocycles. The molecule has 1 aromatic carbocycles. The van der Waals surface area contributed by atoms with Crippen molar-refractivity contribution in [1.82, 2.24) is 4.98 Å². The molecule has 1 amide bonds. The first-order valence-electron chi connectivity index (χ1n) is 5.98. The number of pyridine rings is 1. The first-order valence-corrected chi connectivity index (χ1v) is 5.98. The molecule has 1 aromatic heterocycles. The van der Waals surface area contributed by atoms with Gasteiger partial charge in [-0.05, 0) is 30.3 Å². The summed E-state index contributed by atoms with van der Waals surface area (Å²) in [6.07, 6.45) is 4.99. The number of carbonyl (C=O) groups is 2. The number of carbonyl (C=O) groups excluding carboxylic acids is 1. The van der Waals surface area contributed by atoms with Gasteiger partial charge < -0.3 is 10.4 Å². The summed E-state index contributed by atoms with van der Waals surface area (Å²) in [4.78, 5) is 26.2. The van der Waals surface area contributed by atoms with E-state index >= 15 is 0 Å². The van der Waals surface area contributed by atoms with Gasteiger partial charge in [0.15, 0.2) is 0 Å². The number of rotatable bonds is 4. The molecule has 0 spiro atoms. The summed E-state index contributed by atoms with van der Waals surface area (Å²) in [5.41, 5.74) is 0.719. The molecule has 0 aliphatic heterocycles. The topological polar surface area (TPSA) is 79.3 Å². The van der Waals surface area contributed by atoms with Crippen molar-refractivity contribution in [3.63, 3.8) is 0 Å². The maximum atomic E-state index is 13.8. The minimum atomic E-state index is -1.17. The first kappa shape index (κ1) is 14.4. The third-order valence-corrected chi connectivity index (χ3v) is 2.59. The van der Waals surface area contributed by atoms with Crippen LogP contribution in [0.2, 0.25) is 0 Å². The van der Waals surface area contributed by atoms with Crippen LogP contribution in [-0.4, -0.2) is 22.0 Å². The van der Waals surface area contributed by atoms with Gasteiger partial charge in [0, 0.05) is 23.4 Å². The van der Waals surface area contributed by atoms with E-state index in [4.69, 9.17) is 5.11 Å². The average molecular weight is 286 g/mol. The van der Waals surface area contributed by atoms with Gasteiger partial charge in [0.25, 0.3) is 5.91 Å². The van der Waals surface area contributed by atoms with E-state index in [1.54, 1.807) is 18.3 Å². The van der Waals surface area contributed by atoms with E-state index in [9.17, 15) is 14.0 Å². The van der Waals surface area contributed by atoms with Crippen LogP contribution >= 0.6 is 0 Å². The lowest BCUT2D eigenvalue weighted by Gasteiger charge is -2.05. The van der Waals surface area contributed by atoms with Crippen molar-refractivity contribution < 1.29 is 19.1 Å². The molecule has 0 saturated heterocycles. The third-order valence-electron chi connectivity index (χ3n) is 2.59. The van der Waals surface area contributed by atoms with Gasteiger partial charge >= 0.3 is 5.97 Å². The van der Waals surface area contributed by atoms with Crippen molar-refractivity contribution in [2.75, 3.05) is 5.32 Å². The quantitative estimate of drug-likeness (QED) is 0.847. The van der Waals surface area contributed by atoms with Crippen LogP contribution in [-0.2, 0) is 4.79 Å². The van der Waals surface area contributed by atoms with Crippen LogP contribution in [0.4, 0.5) is 10.1 Å². The lowest BCUT2D eigenvalue weighted by Crippen LogP contribution is -2.12. The second-order valence-corrected chi connectivity index (χ2v) is 4.10. The van der Waals surface area contributed by atoms with Crippen molar-refractivity contribution >= 4 is 23.6 Å². The molecule has 2 aromatic rings. The van der Waals surface area contributed by atoms with Gasteiger partial charge in [-0.1, -0.05) is 6.07 Å². The zero-order valence-corrected chi connectivity index (χ0v) is 10.8. The van der Waals surface area contributed by atoms with Crippen molar-refractivity contribution in [3.8, 4) is 0 Å². The molecule has 1 heterocycles. The fourth-order valence-electron chi connectivity index (χ4n) is 1.60. The summed E-state index contributed by atoms with van der Waals surface area (Å²) in [7, 11) is 0. The zero-order valence-electron chi connectivity index (χ0n) is 10.8. The molecule has 6 heteroatoms. The van der Waals surface area contributed by atoms with Gasteiger partial charge in [0.2, 0.25) is 0 Å². The Balaban J connectivity index is 2.16. The molecular formula is C15H11FN2O3. The van der Waals surface area contributed by atoms with E-state index < -0.39 is 17.7 Å². The van der Waals surface area contributed by atoms with Crippen LogP contribution in [0.15, 0.2) is 48.8 Å². The zero-order chi connectivity index (χ0) is 15.2. The van der Waals surface area contributed by atoms with Crippen molar-refractivity contribution in [2.45, 2.75) is 0 Å². The normalized spacial score (nSPS) is 10.5. The van der Waals surface area contributed by atoms with Crippen LogP contribution < -0.4 is 5.32 Å². The van der Waals surface area contributed by atoms with Crippen molar-refractivity contribution in [2.24, 2.45) is 0 Å². The van der Waals surface area contributed by atoms with Crippen LogP contribution in [0.5, 0.6) is 0 Å². The maximum Gasteiger partial charge on any atom is 0.328 e. The maximum absolute atomic E-state index is 13.8. The predicted molar refractivity (Wildman–Crippen MR) is 75.3 cm³/mol. The van der Waals surface area contributed by atoms with Crippen molar-refractivity contribution in [1.29, 1.82) is 0 Å². The lowest BCUT2D eigenvalue weighted by molar-refractivity contribution is -0.131. The third kappa shape index (κ3) is 3.97. The van der Waals surface area contributed by atoms with Crippen LogP contribution in [0.1, 0.15) is 15.9 Å². The monoisotopic (exact) mass is 286 g/mol. The minimum Gasteiger partial charge on any atom is -0.478 e. The molecule has 0 aliphatic rings. The number of halogens is 1. The number of hydrogen-bond donors (Lipinski definition) is 2. The van der Waals surface area contributed by atoms with E-state index in [2.05, 4.69) is 10.3 Å². The van der Waals surface area contributed by atoms with Gasteiger partial charge in [-0.25, -0.2) is 9.18 Å². The summed E-state index contributed by atoms with van der Waals surface area (Å²) >= 11 is 0. The smallest absolute Gasteiger partial charge is 0.328 e. The van der Waals surface area contributed by atoms with Gasteiger partial charge in [-0.2, -0.15) is 0 Å². The van der Waals surface area contributed by atoms with Crippen LogP contribution in [0, 0.1) is 5.82 Å². The number of nitrogens with one attached hydrogen (secondary N) is 1. The summed E-state index contributed by atoms with van der Waals surface area (Å²) in [5.74, 6) is -2.32. The van der Waals surface area contributed by atoms with Gasteiger partial charge in [0.1, 0.15) is 5.82 Å². The molecule has 0 atom stereocenters. The lowest BCUT2D eigenvalue weighted by atomic mass is 10.1. The number of anilines is 1. The molecule has 0 aliphatic carbocycles. The highest BCUT2D eigenvalue weighted by Crippen LogP contribution is 2.14. The number of aromatic nitrogens is 1. The Labute approximate surface area is 119 Å². The standard InChI is InChI=1S/C15H11FN2O3/c16-13-8-11(4-3-10(13)5-6-14(19)20)15(21)18-12-2-1-7-17-9-12/h1-9H,(H,18,21)(H,19,20). The Kier molecular flexibility index (Phi) is 4.40. The molecule has 0 bridgehead atoms. The molecule has 5 nitrogen and oxygen atoms in total. The Hall–Kier alpha value is -3.02. The molecular weight excluding hydrogens is 275 g/mol. The Morgan fingerprint density at radius 1 is 1.29 bits per heavy atom. The van der Waals surface area contributed by atoms with Crippen molar-refractivity contribution in [3.05, 3.63) is 65.7 Å². The second kappa shape index (κ2) is 6.42. The summed E-state index contributed by atoms with van der Waals surface area (Å²) in [6.45, 7) is 0. The SMILES string of the molecule is O=C(O)C=Cc1ccc(C(=O)Nc2cccnc2)cc1F. The summed E-state index contributed by atoms with van der Waals surface area (Å²) in [5, 5.41) is 11.1. The molecule has 106 valence electrons. The van der Waals surface area contributed by atoms with Gasteiger partial charge in [-0.3, -0.25) is 9.78 Å². The number of carboxylic acids is 1. The van der Waals surface area contributed by atoms with Gasteiger partial charge in [-0.15, -0.1) is 0 Å². The number of nitrogens with zero attached hydrogens (tertiary/aromatic N) is 1. The summed E-state index contributed by atoms with van der Waals surface area (Å²) in [6, 6.07) is 7.12. The molecule has 0 unspecified atom stereocenters. The molecule has 2 rings (SSSR count). The first-order chi connectivity index (χ1) is 10.1. The summed E-state index contributed by atoms with van der Waals surface area (Å²) < 4.78 is 13.8. The van der Waals surface area contributed by atoms with E-state index in [1.807, 2.05) is 0 Å². The molecule has 0 fully saturated rings. The molecule has 2 N–H and O–H groups in total. The van der Waals surface area contributed by atoms with E-state index in [1.165, 1.54) is 18.3 Å². The average Bonchev–Trinajstić information content (AvgIpc) is 2.46. The largest absolute Gasteiger partial charge is 0.478 e. The van der Waals surface area contributed by atoms with E-state index in [0.29, 0.717) is 5.69 Å². The number of hydrogen-bond acceptors (Lipinski definition) is 3. The highest BCUT2D eigenvalue weighted by Gasteiger charge is 2.09. The Morgan fingerprint density at radius 2 is 2.10 bits per heavy atom. The highest BCUT2D eigenvalue weighted by molar-refractivity contribution is 6.04. The Bertz CT molecular complexity index is 699. The van der Waals surface area contributed by atoms with Gasteiger partial charge in [0.05, 0.1) is 11.9 Å². The molecule has 0 radical (unpaired) electrons. The highest BCUT2D eigenvalue weighted by atomic mass is 19.1. The predicted octanol–water partition coefficient (Wildman–Crippen LogP) is 2.57.